The molecule has 0 aliphatic carbocycles. The zero-order valence-electron chi connectivity index (χ0n) is 15.7. The number of hydrogen-bond donors (Lipinski definition) is 1. The highest BCUT2D eigenvalue weighted by atomic mass is 32.1. The highest BCUT2D eigenvalue weighted by Gasteiger charge is 2.22. The molecule has 8 heteroatoms. The topological polar surface area (TPSA) is 68.3 Å². The first-order valence-corrected chi connectivity index (χ1v) is 10.4. The van der Waals surface area contributed by atoms with E-state index in [1.807, 2.05) is 13.8 Å². The Balaban J connectivity index is 1.73. The van der Waals surface area contributed by atoms with Crippen molar-refractivity contribution >= 4 is 39.6 Å². The van der Waals surface area contributed by atoms with Gasteiger partial charge in [-0.3, -0.25) is 4.79 Å². The van der Waals surface area contributed by atoms with Crippen molar-refractivity contribution in [1.82, 2.24) is 4.98 Å². The molecule has 0 aliphatic rings. The monoisotopic (exact) mass is 418 g/mol. The maximum absolute atomic E-state index is 13.4. The number of carbonyl (C=O) groups is 2. The number of nitrogens with zero attached hydrogens (tertiary/aromatic N) is 1. The zero-order valence-corrected chi connectivity index (χ0v) is 17.3. The number of esters is 1. The standard InChI is InChI=1S/C20H19FN2O3S2/c1-4-26-20(25)17-11(2)12(3)28-19(17)23-16(24)9-15-10-27-18(22-15)13-6-5-7-14(21)8-13/h5-8,10H,4,9H2,1-3H3,(H,23,24). The lowest BCUT2D eigenvalue weighted by Gasteiger charge is -2.06. The van der Waals surface area contributed by atoms with Crippen LogP contribution in [0.4, 0.5) is 9.39 Å². The van der Waals surface area contributed by atoms with Crippen LogP contribution in [0, 0.1) is 19.7 Å². The van der Waals surface area contributed by atoms with Crippen LogP contribution in [0.1, 0.15) is 33.4 Å². The summed E-state index contributed by atoms with van der Waals surface area (Å²) in [5, 5.41) is 5.71. The molecule has 0 atom stereocenters. The van der Waals surface area contributed by atoms with Gasteiger partial charge in [0.2, 0.25) is 5.91 Å². The lowest BCUT2D eigenvalue weighted by Crippen LogP contribution is -2.16. The van der Waals surface area contributed by atoms with E-state index in [0.717, 1.165) is 10.4 Å². The summed E-state index contributed by atoms with van der Waals surface area (Å²) in [6.45, 7) is 5.73. The summed E-state index contributed by atoms with van der Waals surface area (Å²) in [4.78, 5) is 30.1. The zero-order chi connectivity index (χ0) is 20.3. The number of thiazole rings is 1. The summed E-state index contributed by atoms with van der Waals surface area (Å²) >= 11 is 2.70. The number of amides is 1. The summed E-state index contributed by atoms with van der Waals surface area (Å²) in [5.41, 5.74) is 2.47. The number of benzene rings is 1. The Morgan fingerprint density at radius 2 is 2.07 bits per heavy atom. The molecule has 5 nitrogen and oxygen atoms in total. The highest BCUT2D eigenvalue weighted by Crippen LogP contribution is 2.33. The minimum Gasteiger partial charge on any atom is -0.462 e. The van der Waals surface area contributed by atoms with Crippen LogP contribution in [0.5, 0.6) is 0 Å². The summed E-state index contributed by atoms with van der Waals surface area (Å²) in [6.07, 6.45) is 0.0596. The van der Waals surface area contributed by atoms with E-state index in [2.05, 4.69) is 10.3 Å². The van der Waals surface area contributed by atoms with Crippen molar-refractivity contribution in [3.05, 3.63) is 57.2 Å². The summed E-state index contributed by atoms with van der Waals surface area (Å²) in [5.74, 6) is -1.05. The predicted octanol–water partition coefficient (Wildman–Crippen LogP) is 4.99. The van der Waals surface area contributed by atoms with Gasteiger partial charge in [0.15, 0.2) is 0 Å². The van der Waals surface area contributed by atoms with E-state index in [4.69, 9.17) is 4.74 Å². The van der Waals surface area contributed by atoms with Crippen LogP contribution in [0.25, 0.3) is 10.6 Å². The first-order valence-electron chi connectivity index (χ1n) is 8.66. The van der Waals surface area contributed by atoms with Crippen LogP contribution in [0.2, 0.25) is 0 Å². The molecule has 3 rings (SSSR count). The second-order valence-electron chi connectivity index (χ2n) is 6.09. The van der Waals surface area contributed by atoms with Crippen LogP contribution in [0.3, 0.4) is 0 Å². The highest BCUT2D eigenvalue weighted by molar-refractivity contribution is 7.16. The van der Waals surface area contributed by atoms with Gasteiger partial charge in [-0.1, -0.05) is 12.1 Å². The quantitative estimate of drug-likeness (QED) is 0.573. The van der Waals surface area contributed by atoms with Crippen molar-refractivity contribution in [2.75, 3.05) is 11.9 Å². The number of halogens is 1. The van der Waals surface area contributed by atoms with Crippen molar-refractivity contribution in [3.63, 3.8) is 0 Å². The first-order chi connectivity index (χ1) is 13.4. The lowest BCUT2D eigenvalue weighted by atomic mass is 10.1. The number of carbonyl (C=O) groups excluding carboxylic acids is 2. The van der Waals surface area contributed by atoms with Gasteiger partial charge in [-0.15, -0.1) is 22.7 Å². The molecule has 1 amide bonds. The Bertz CT molecular complexity index is 1030. The molecule has 28 heavy (non-hydrogen) atoms. The molecule has 0 saturated carbocycles. The van der Waals surface area contributed by atoms with Crippen LogP contribution in [0.15, 0.2) is 29.6 Å². The maximum atomic E-state index is 13.4. The van der Waals surface area contributed by atoms with E-state index >= 15 is 0 Å². The molecular weight excluding hydrogens is 399 g/mol. The van der Waals surface area contributed by atoms with Crippen LogP contribution < -0.4 is 5.32 Å². The number of anilines is 1. The Hall–Kier alpha value is -2.58. The number of aryl methyl sites for hydroxylation is 1. The van der Waals surface area contributed by atoms with E-state index in [0.29, 0.717) is 26.8 Å². The van der Waals surface area contributed by atoms with E-state index < -0.39 is 5.97 Å². The molecule has 1 N–H and O–H groups in total. The van der Waals surface area contributed by atoms with Gasteiger partial charge in [0.1, 0.15) is 15.8 Å². The molecule has 0 spiro atoms. The number of hydrogen-bond acceptors (Lipinski definition) is 6. The van der Waals surface area contributed by atoms with Gasteiger partial charge in [0.05, 0.1) is 24.3 Å². The SMILES string of the molecule is CCOC(=O)c1c(NC(=O)Cc2csc(-c3cccc(F)c3)n2)sc(C)c1C. The second kappa shape index (κ2) is 8.62. The third-order valence-electron chi connectivity index (χ3n) is 4.08. The minimum absolute atomic E-state index is 0.0596. The Kier molecular flexibility index (Phi) is 6.21. The third kappa shape index (κ3) is 4.45. The molecule has 0 saturated heterocycles. The Morgan fingerprint density at radius 1 is 1.29 bits per heavy atom. The molecule has 0 fully saturated rings. The number of nitrogens with one attached hydrogen (secondary N) is 1. The average Bonchev–Trinajstić information content (AvgIpc) is 3.20. The lowest BCUT2D eigenvalue weighted by molar-refractivity contribution is -0.115. The number of ether oxygens (including phenoxy) is 1. The number of thiophene rings is 1. The maximum Gasteiger partial charge on any atom is 0.341 e. The Labute approximate surface area is 170 Å². The molecule has 2 aromatic heterocycles. The van der Waals surface area contributed by atoms with Crippen molar-refractivity contribution < 1.29 is 18.7 Å². The van der Waals surface area contributed by atoms with Gasteiger partial charge in [-0.05, 0) is 38.5 Å². The molecule has 0 unspecified atom stereocenters. The van der Waals surface area contributed by atoms with Gasteiger partial charge in [-0.25, -0.2) is 14.2 Å². The van der Waals surface area contributed by atoms with E-state index in [1.165, 1.54) is 34.8 Å². The normalized spacial score (nSPS) is 10.7. The van der Waals surface area contributed by atoms with Crippen molar-refractivity contribution in [2.45, 2.75) is 27.2 Å². The molecule has 0 aliphatic heterocycles. The molecule has 3 aromatic rings. The van der Waals surface area contributed by atoms with E-state index in [-0.39, 0.29) is 24.8 Å². The van der Waals surface area contributed by atoms with Gasteiger partial charge in [-0.2, -0.15) is 0 Å². The van der Waals surface area contributed by atoms with Crippen LogP contribution in [-0.4, -0.2) is 23.5 Å². The molecular formula is C20H19FN2O3S2. The van der Waals surface area contributed by atoms with Gasteiger partial charge in [0.25, 0.3) is 0 Å². The first kappa shape index (κ1) is 20.2. The number of rotatable bonds is 6. The largest absolute Gasteiger partial charge is 0.462 e. The fourth-order valence-electron chi connectivity index (χ4n) is 2.64. The summed E-state index contributed by atoms with van der Waals surface area (Å²) < 4.78 is 18.5. The van der Waals surface area contributed by atoms with Gasteiger partial charge >= 0.3 is 5.97 Å². The van der Waals surface area contributed by atoms with Gasteiger partial charge < -0.3 is 10.1 Å². The van der Waals surface area contributed by atoms with Gasteiger partial charge in [0, 0.05) is 15.8 Å². The Morgan fingerprint density at radius 3 is 2.79 bits per heavy atom. The smallest absolute Gasteiger partial charge is 0.341 e. The molecule has 146 valence electrons. The second-order valence-corrected chi connectivity index (χ2v) is 8.17. The molecule has 0 bridgehead atoms. The van der Waals surface area contributed by atoms with Crippen molar-refractivity contribution in [3.8, 4) is 10.6 Å². The fraction of sp³-hybridized carbons (Fsp3) is 0.250. The fourth-order valence-corrected chi connectivity index (χ4v) is 4.52. The third-order valence-corrected chi connectivity index (χ3v) is 6.15. The number of aromatic nitrogens is 1. The van der Waals surface area contributed by atoms with E-state index in [1.54, 1.807) is 24.4 Å². The van der Waals surface area contributed by atoms with Crippen LogP contribution >= 0.6 is 22.7 Å². The minimum atomic E-state index is -0.443. The van der Waals surface area contributed by atoms with Crippen molar-refractivity contribution in [1.29, 1.82) is 0 Å². The average molecular weight is 419 g/mol. The van der Waals surface area contributed by atoms with E-state index in [9.17, 15) is 14.0 Å². The summed E-state index contributed by atoms with van der Waals surface area (Å²) in [6, 6.07) is 6.18. The predicted molar refractivity (Wildman–Crippen MR) is 110 cm³/mol. The van der Waals surface area contributed by atoms with Crippen LogP contribution in [-0.2, 0) is 16.0 Å². The molecule has 2 heterocycles. The van der Waals surface area contributed by atoms with Crippen molar-refractivity contribution in [2.24, 2.45) is 0 Å². The summed E-state index contributed by atoms with van der Waals surface area (Å²) in [7, 11) is 0. The molecule has 0 radical (unpaired) electrons. The molecule has 1 aromatic carbocycles.